The Hall–Kier alpha value is -3.41. The van der Waals surface area contributed by atoms with Crippen LogP contribution in [0.4, 0.5) is 0 Å². The molecule has 126 valence electrons. The SMILES string of the molecule is CC(=C/c1ccco1)/C=N/NC(=O)c1cc(-c2ccc(C)cc2)n[nH]1. The van der Waals surface area contributed by atoms with E-state index in [-0.39, 0.29) is 5.91 Å². The second kappa shape index (κ2) is 7.44. The number of aromatic amines is 1. The molecule has 2 aromatic heterocycles. The molecular weight excluding hydrogens is 316 g/mol. The van der Waals surface area contributed by atoms with Gasteiger partial charge in [-0.1, -0.05) is 29.8 Å². The van der Waals surface area contributed by atoms with Crippen LogP contribution in [0.1, 0.15) is 28.7 Å². The molecule has 0 saturated carbocycles. The molecule has 6 heteroatoms. The van der Waals surface area contributed by atoms with Crippen LogP contribution in [-0.4, -0.2) is 22.3 Å². The van der Waals surface area contributed by atoms with Crippen molar-refractivity contribution in [3.8, 4) is 11.3 Å². The fraction of sp³-hybridized carbons (Fsp3) is 0.105. The quantitative estimate of drug-likeness (QED) is 0.550. The van der Waals surface area contributed by atoms with E-state index >= 15 is 0 Å². The molecule has 1 aromatic carbocycles. The number of rotatable bonds is 5. The lowest BCUT2D eigenvalue weighted by atomic mass is 10.1. The summed E-state index contributed by atoms with van der Waals surface area (Å²) in [4.78, 5) is 12.1. The lowest BCUT2D eigenvalue weighted by Crippen LogP contribution is -2.17. The van der Waals surface area contributed by atoms with Crippen LogP contribution in [0.25, 0.3) is 17.3 Å². The number of carbonyl (C=O) groups excluding carboxylic acids is 1. The van der Waals surface area contributed by atoms with E-state index in [4.69, 9.17) is 4.42 Å². The summed E-state index contributed by atoms with van der Waals surface area (Å²) in [6.45, 7) is 3.89. The molecule has 1 amide bonds. The number of hydrogen-bond acceptors (Lipinski definition) is 4. The van der Waals surface area contributed by atoms with Crippen molar-refractivity contribution in [2.24, 2.45) is 5.10 Å². The number of nitrogens with zero attached hydrogens (tertiary/aromatic N) is 2. The third-order valence-electron chi connectivity index (χ3n) is 3.52. The zero-order chi connectivity index (χ0) is 17.6. The Morgan fingerprint density at radius 3 is 2.80 bits per heavy atom. The van der Waals surface area contributed by atoms with Gasteiger partial charge >= 0.3 is 0 Å². The van der Waals surface area contributed by atoms with Crippen molar-refractivity contribution in [1.29, 1.82) is 0 Å². The number of hydrazone groups is 1. The van der Waals surface area contributed by atoms with Crippen LogP contribution in [0, 0.1) is 6.92 Å². The minimum Gasteiger partial charge on any atom is -0.465 e. The number of aromatic nitrogens is 2. The van der Waals surface area contributed by atoms with Crippen LogP contribution in [0.3, 0.4) is 0 Å². The van der Waals surface area contributed by atoms with E-state index in [9.17, 15) is 4.79 Å². The van der Waals surface area contributed by atoms with E-state index in [1.54, 1.807) is 18.5 Å². The Kier molecular flexibility index (Phi) is 4.89. The third-order valence-corrected chi connectivity index (χ3v) is 3.52. The maximum Gasteiger partial charge on any atom is 0.289 e. The van der Waals surface area contributed by atoms with Crippen molar-refractivity contribution in [3.05, 3.63) is 71.3 Å². The Labute approximate surface area is 145 Å². The molecule has 2 heterocycles. The lowest BCUT2D eigenvalue weighted by molar-refractivity contribution is 0.0950. The molecule has 6 nitrogen and oxygen atoms in total. The van der Waals surface area contributed by atoms with Gasteiger partial charge in [0.05, 0.1) is 18.2 Å². The number of furan rings is 1. The highest BCUT2D eigenvalue weighted by molar-refractivity contribution is 5.94. The minimum absolute atomic E-state index is 0.348. The number of amides is 1. The Morgan fingerprint density at radius 2 is 2.08 bits per heavy atom. The summed E-state index contributed by atoms with van der Waals surface area (Å²) >= 11 is 0. The van der Waals surface area contributed by atoms with Crippen LogP contribution in [-0.2, 0) is 0 Å². The maximum atomic E-state index is 12.1. The number of carbonyl (C=O) groups is 1. The second-order valence-electron chi connectivity index (χ2n) is 5.64. The summed E-state index contributed by atoms with van der Waals surface area (Å²) in [5.41, 5.74) is 6.49. The molecule has 0 aliphatic rings. The van der Waals surface area contributed by atoms with Crippen molar-refractivity contribution in [1.82, 2.24) is 15.6 Å². The highest BCUT2D eigenvalue weighted by Gasteiger charge is 2.10. The van der Waals surface area contributed by atoms with Crippen molar-refractivity contribution in [2.45, 2.75) is 13.8 Å². The van der Waals surface area contributed by atoms with E-state index < -0.39 is 0 Å². The highest BCUT2D eigenvalue weighted by Crippen LogP contribution is 2.18. The Bertz CT molecular complexity index is 903. The van der Waals surface area contributed by atoms with Gasteiger partial charge in [0, 0.05) is 5.56 Å². The molecule has 0 radical (unpaired) electrons. The van der Waals surface area contributed by atoms with Gasteiger partial charge in [0.15, 0.2) is 0 Å². The minimum atomic E-state index is -0.354. The van der Waals surface area contributed by atoms with Crippen LogP contribution in [0.15, 0.2) is 63.8 Å². The first-order valence-electron chi connectivity index (χ1n) is 7.79. The van der Waals surface area contributed by atoms with Gasteiger partial charge in [-0.3, -0.25) is 9.89 Å². The van der Waals surface area contributed by atoms with Crippen LogP contribution < -0.4 is 5.43 Å². The molecule has 3 aromatic rings. The molecule has 0 atom stereocenters. The molecule has 0 aliphatic heterocycles. The average Bonchev–Trinajstić information content (AvgIpc) is 3.27. The van der Waals surface area contributed by atoms with Crippen molar-refractivity contribution in [2.75, 3.05) is 0 Å². The van der Waals surface area contributed by atoms with E-state index in [0.29, 0.717) is 11.4 Å². The van der Waals surface area contributed by atoms with Crippen molar-refractivity contribution >= 4 is 18.2 Å². The number of nitrogens with one attached hydrogen (secondary N) is 2. The number of H-pyrrole nitrogens is 1. The van der Waals surface area contributed by atoms with Crippen LogP contribution in [0.2, 0.25) is 0 Å². The lowest BCUT2D eigenvalue weighted by Gasteiger charge is -1.96. The van der Waals surface area contributed by atoms with Crippen LogP contribution in [0.5, 0.6) is 0 Å². The topological polar surface area (TPSA) is 83.3 Å². The molecule has 0 bridgehead atoms. The molecule has 3 rings (SSSR count). The first kappa shape index (κ1) is 16.4. The number of allylic oxidation sites excluding steroid dienone is 1. The first-order valence-corrected chi connectivity index (χ1v) is 7.79. The van der Waals surface area contributed by atoms with E-state index in [0.717, 1.165) is 16.9 Å². The maximum absolute atomic E-state index is 12.1. The highest BCUT2D eigenvalue weighted by atomic mass is 16.3. The van der Waals surface area contributed by atoms with Gasteiger partial charge in [0.25, 0.3) is 5.91 Å². The van der Waals surface area contributed by atoms with Gasteiger partial charge in [-0.2, -0.15) is 10.2 Å². The van der Waals surface area contributed by atoms with E-state index in [1.165, 1.54) is 5.56 Å². The van der Waals surface area contributed by atoms with Gasteiger partial charge in [-0.15, -0.1) is 0 Å². The standard InChI is InChI=1S/C19H18N4O2/c1-13-5-7-15(8-6-13)17-11-18(22-21-17)19(24)23-20-12-14(2)10-16-4-3-9-25-16/h3-12H,1-2H3,(H,21,22)(H,23,24)/b14-10-,20-12+. The average molecular weight is 334 g/mol. The fourth-order valence-corrected chi connectivity index (χ4v) is 2.20. The Balaban J connectivity index is 1.62. The normalized spacial score (nSPS) is 11.8. The predicted octanol–water partition coefficient (Wildman–Crippen LogP) is 3.80. The summed E-state index contributed by atoms with van der Waals surface area (Å²) in [7, 11) is 0. The molecule has 0 saturated heterocycles. The summed E-state index contributed by atoms with van der Waals surface area (Å²) < 4.78 is 5.21. The zero-order valence-corrected chi connectivity index (χ0v) is 14.0. The third kappa shape index (κ3) is 4.32. The van der Waals surface area contributed by atoms with E-state index in [1.807, 2.05) is 56.3 Å². The molecular formula is C19H18N4O2. The monoisotopic (exact) mass is 334 g/mol. The second-order valence-corrected chi connectivity index (χ2v) is 5.64. The van der Waals surface area contributed by atoms with Gasteiger partial charge in [-0.25, -0.2) is 5.43 Å². The van der Waals surface area contributed by atoms with Gasteiger partial charge < -0.3 is 4.42 Å². The van der Waals surface area contributed by atoms with Gasteiger partial charge in [0.1, 0.15) is 11.5 Å². The van der Waals surface area contributed by atoms with Crippen LogP contribution >= 0.6 is 0 Å². The summed E-state index contributed by atoms with van der Waals surface area (Å²) in [6, 6.07) is 13.3. The molecule has 0 spiro atoms. The largest absolute Gasteiger partial charge is 0.465 e. The summed E-state index contributed by atoms with van der Waals surface area (Å²) in [6.07, 6.45) is 4.97. The number of benzene rings is 1. The Morgan fingerprint density at radius 1 is 1.28 bits per heavy atom. The molecule has 2 N–H and O–H groups in total. The molecule has 0 aliphatic carbocycles. The molecule has 0 fully saturated rings. The molecule has 0 unspecified atom stereocenters. The van der Waals surface area contributed by atoms with Crippen molar-refractivity contribution in [3.63, 3.8) is 0 Å². The zero-order valence-electron chi connectivity index (χ0n) is 14.0. The smallest absolute Gasteiger partial charge is 0.289 e. The summed E-state index contributed by atoms with van der Waals surface area (Å²) in [5.74, 6) is 0.375. The van der Waals surface area contributed by atoms with E-state index in [2.05, 4.69) is 20.7 Å². The van der Waals surface area contributed by atoms with Gasteiger partial charge in [0.2, 0.25) is 0 Å². The first-order chi connectivity index (χ1) is 12.1. The number of hydrogen-bond donors (Lipinski definition) is 2. The predicted molar refractivity (Wildman–Crippen MR) is 97.1 cm³/mol. The molecule has 25 heavy (non-hydrogen) atoms. The van der Waals surface area contributed by atoms with Gasteiger partial charge in [-0.05, 0) is 43.7 Å². The fourth-order valence-electron chi connectivity index (χ4n) is 2.20. The number of aryl methyl sites for hydroxylation is 1. The van der Waals surface area contributed by atoms with Crippen molar-refractivity contribution < 1.29 is 9.21 Å². The summed E-state index contributed by atoms with van der Waals surface area (Å²) in [5, 5.41) is 10.8.